The van der Waals surface area contributed by atoms with Crippen molar-refractivity contribution in [1.29, 1.82) is 0 Å². The Balaban J connectivity index is 1.81. The summed E-state index contributed by atoms with van der Waals surface area (Å²) in [6.45, 7) is 5.85. The Hall–Kier alpha value is -1.86. The van der Waals surface area contributed by atoms with Crippen LogP contribution in [0.25, 0.3) is 11.1 Å². The number of halogens is 1. The van der Waals surface area contributed by atoms with Crippen molar-refractivity contribution in [2.75, 3.05) is 12.3 Å². The predicted molar refractivity (Wildman–Crippen MR) is 115 cm³/mol. The average molecular weight is 463 g/mol. The number of hydrogen-bond donors (Lipinski definition) is 0. The van der Waals surface area contributed by atoms with Crippen LogP contribution < -0.4 is 0 Å². The summed E-state index contributed by atoms with van der Waals surface area (Å²) >= 11 is 5.03. The van der Waals surface area contributed by atoms with Crippen LogP contribution in [0.1, 0.15) is 38.1 Å². The second-order valence-electron chi connectivity index (χ2n) is 7.56. The zero-order valence-corrected chi connectivity index (χ0v) is 18.5. The zero-order chi connectivity index (χ0) is 20.3. The van der Waals surface area contributed by atoms with Crippen molar-refractivity contribution in [3.63, 3.8) is 0 Å². The topological polar surface area (TPSA) is 59.5 Å². The lowest BCUT2D eigenvalue weighted by Crippen LogP contribution is -2.32. The molecule has 7 heteroatoms. The van der Waals surface area contributed by atoms with Gasteiger partial charge < -0.3 is 9.64 Å². The number of nitrogens with zero attached hydrogens (tertiary/aromatic N) is 2. The van der Waals surface area contributed by atoms with Gasteiger partial charge in [-0.1, -0.05) is 28.1 Å². The van der Waals surface area contributed by atoms with E-state index in [0.29, 0.717) is 12.3 Å². The quantitative estimate of drug-likeness (QED) is 0.596. The maximum absolute atomic E-state index is 12.5. The predicted octanol–water partition coefficient (Wildman–Crippen LogP) is 4.82. The highest BCUT2D eigenvalue weighted by Crippen LogP contribution is 2.42. The minimum Gasteiger partial charge on any atom is -0.460 e. The molecule has 1 aromatic carbocycles. The number of thioether (sulfide) groups is 1. The van der Waals surface area contributed by atoms with Gasteiger partial charge in [-0.3, -0.25) is 14.6 Å². The minimum absolute atomic E-state index is 0.0316. The van der Waals surface area contributed by atoms with Gasteiger partial charge >= 0.3 is 5.97 Å². The third kappa shape index (κ3) is 5.14. The normalized spacial score (nSPS) is 17.1. The summed E-state index contributed by atoms with van der Waals surface area (Å²) < 4.78 is 6.39. The fourth-order valence-corrected chi connectivity index (χ4v) is 4.55. The van der Waals surface area contributed by atoms with E-state index in [0.717, 1.165) is 21.2 Å². The molecule has 0 aliphatic carbocycles. The summed E-state index contributed by atoms with van der Waals surface area (Å²) in [5, 5.41) is -0.165. The van der Waals surface area contributed by atoms with Gasteiger partial charge in [-0.05, 0) is 50.1 Å². The van der Waals surface area contributed by atoms with Crippen LogP contribution in [0.2, 0.25) is 0 Å². The van der Waals surface area contributed by atoms with E-state index in [9.17, 15) is 9.59 Å². The van der Waals surface area contributed by atoms with Gasteiger partial charge in [-0.2, -0.15) is 0 Å². The molecule has 1 aliphatic rings. The van der Waals surface area contributed by atoms with Gasteiger partial charge in [-0.15, -0.1) is 11.8 Å². The minimum atomic E-state index is -0.529. The molecule has 2 heterocycles. The van der Waals surface area contributed by atoms with Crippen molar-refractivity contribution in [3.05, 3.63) is 52.8 Å². The Morgan fingerprint density at radius 1 is 1.29 bits per heavy atom. The first-order valence-corrected chi connectivity index (χ1v) is 10.9. The van der Waals surface area contributed by atoms with Gasteiger partial charge in [0.15, 0.2) is 0 Å². The second-order valence-corrected chi connectivity index (χ2v) is 9.54. The smallest absolute Gasteiger partial charge is 0.308 e. The first kappa shape index (κ1) is 20.9. The molecular weight excluding hydrogens is 440 g/mol. The molecule has 0 radical (unpaired) electrons. The Labute approximate surface area is 178 Å². The number of benzene rings is 1. The van der Waals surface area contributed by atoms with E-state index in [1.165, 1.54) is 0 Å². The Bertz CT molecular complexity index is 865. The number of carbonyl (C=O) groups is 2. The van der Waals surface area contributed by atoms with Gasteiger partial charge in [0.25, 0.3) is 0 Å². The van der Waals surface area contributed by atoms with Crippen LogP contribution >= 0.6 is 27.7 Å². The molecule has 0 N–H and O–H groups in total. The molecule has 0 saturated carbocycles. The van der Waals surface area contributed by atoms with Crippen molar-refractivity contribution < 1.29 is 14.3 Å². The second kappa shape index (κ2) is 8.66. The van der Waals surface area contributed by atoms with E-state index < -0.39 is 5.60 Å². The van der Waals surface area contributed by atoms with Gasteiger partial charge in [0.1, 0.15) is 11.0 Å². The van der Waals surface area contributed by atoms with Gasteiger partial charge in [0.2, 0.25) is 5.91 Å². The summed E-state index contributed by atoms with van der Waals surface area (Å²) in [5.41, 5.74) is 2.55. The van der Waals surface area contributed by atoms with E-state index in [4.69, 9.17) is 4.74 Å². The molecule has 1 aromatic heterocycles. The van der Waals surface area contributed by atoms with Crippen LogP contribution in [0.5, 0.6) is 0 Å². The monoisotopic (exact) mass is 462 g/mol. The van der Waals surface area contributed by atoms with Crippen LogP contribution in [-0.4, -0.2) is 39.7 Å². The van der Waals surface area contributed by atoms with Crippen LogP contribution in [0, 0.1) is 0 Å². The van der Waals surface area contributed by atoms with Crippen molar-refractivity contribution in [3.8, 4) is 11.1 Å². The largest absolute Gasteiger partial charge is 0.460 e. The summed E-state index contributed by atoms with van der Waals surface area (Å²) in [5.74, 6) is 0.132. The Morgan fingerprint density at radius 3 is 2.68 bits per heavy atom. The number of ether oxygens (including phenoxy) is 1. The SMILES string of the molecule is CC(C)(C)OC(=O)CCN1C(=O)CSC1c1cnccc1-c1ccc(Br)cc1. The lowest BCUT2D eigenvalue weighted by molar-refractivity contribution is -0.155. The molecule has 1 amide bonds. The van der Waals surface area contributed by atoms with E-state index in [2.05, 4.69) is 20.9 Å². The Morgan fingerprint density at radius 2 is 2.00 bits per heavy atom. The molecule has 0 spiro atoms. The molecule has 1 saturated heterocycles. The van der Waals surface area contributed by atoms with E-state index in [-0.39, 0.29) is 23.7 Å². The van der Waals surface area contributed by atoms with Crippen molar-refractivity contribution in [2.24, 2.45) is 0 Å². The highest BCUT2D eigenvalue weighted by atomic mass is 79.9. The van der Waals surface area contributed by atoms with E-state index in [1.807, 2.05) is 57.3 Å². The maximum atomic E-state index is 12.5. The Kier molecular flexibility index (Phi) is 6.45. The lowest BCUT2D eigenvalue weighted by Gasteiger charge is -2.26. The van der Waals surface area contributed by atoms with Gasteiger partial charge in [0.05, 0.1) is 12.2 Å². The van der Waals surface area contributed by atoms with Gasteiger partial charge in [-0.25, -0.2) is 0 Å². The van der Waals surface area contributed by atoms with E-state index >= 15 is 0 Å². The standard InChI is InChI=1S/C21H23BrN2O3S/c1-21(2,3)27-19(26)9-11-24-18(25)13-28-20(24)17-12-23-10-8-16(17)14-4-6-15(22)7-5-14/h4-8,10,12,20H,9,11,13H2,1-3H3. The molecule has 1 atom stereocenters. The number of rotatable bonds is 5. The molecule has 5 nitrogen and oxygen atoms in total. The summed E-state index contributed by atoms with van der Waals surface area (Å²) in [4.78, 5) is 30.6. The third-order valence-corrected chi connectivity index (χ3v) is 5.98. The fourth-order valence-electron chi connectivity index (χ4n) is 3.05. The number of pyridine rings is 1. The van der Waals surface area contributed by atoms with Gasteiger partial charge in [0, 0.05) is 29.0 Å². The summed E-state index contributed by atoms with van der Waals surface area (Å²) in [6.07, 6.45) is 3.75. The van der Waals surface area contributed by atoms with Crippen LogP contribution in [-0.2, 0) is 14.3 Å². The molecule has 148 valence electrons. The van der Waals surface area contributed by atoms with E-state index in [1.54, 1.807) is 22.9 Å². The van der Waals surface area contributed by atoms with Crippen LogP contribution in [0.4, 0.5) is 0 Å². The van der Waals surface area contributed by atoms with Crippen molar-refractivity contribution in [1.82, 2.24) is 9.88 Å². The van der Waals surface area contributed by atoms with Crippen molar-refractivity contribution >= 4 is 39.6 Å². The highest BCUT2D eigenvalue weighted by molar-refractivity contribution is 9.10. The lowest BCUT2D eigenvalue weighted by atomic mass is 10.0. The van der Waals surface area contributed by atoms with Crippen LogP contribution in [0.15, 0.2) is 47.2 Å². The molecule has 28 heavy (non-hydrogen) atoms. The number of carbonyl (C=O) groups excluding carboxylic acids is 2. The number of hydrogen-bond acceptors (Lipinski definition) is 5. The summed E-state index contributed by atoms with van der Waals surface area (Å²) in [6, 6.07) is 10.0. The highest BCUT2D eigenvalue weighted by Gasteiger charge is 2.34. The zero-order valence-electron chi connectivity index (χ0n) is 16.1. The molecule has 3 rings (SSSR count). The van der Waals surface area contributed by atoms with Crippen molar-refractivity contribution in [2.45, 2.75) is 38.2 Å². The molecule has 1 aliphatic heterocycles. The molecule has 2 aromatic rings. The molecular formula is C21H23BrN2O3S. The summed E-state index contributed by atoms with van der Waals surface area (Å²) in [7, 11) is 0. The maximum Gasteiger partial charge on any atom is 0.308 e. The first-order chi connectivity index (χ1) is 13.2. The molecule has 1 unspecified atom stereocenters. The number of aromatic nitrogens is 1. The third-order valence-electron chi connectivity index (χ3n) is 4.22. The molecule has 0 bridgehead atoms. The first-order valence-electron chi connectivity index (χ1n) is 9.07. The average Bonchev–Trinajstić information content (AvgIpc) is 3.00. The molecule has 1 fully saturated rings. The fraction of sp³-hybridized carbons (Fsp3) is 0.381. The number of esters is 1. The number of amides is 1. The van der Waals surface area contributed by atoms with Crippen LogP contribution in [0.3, 0.4) is 0 Å².